The molecule has 2 aliphatic rings. The minimum atomic E-state index is -4.37. The number of alkyl halides is 3. The molecule has 0 atom stereocenters. The SMILES string of the molecule is FC(F)(F)c1ccc(N2CCN(Cc3nc(C4(c5ccccc5)CC4)no3)CC2)nc1. The van der Waals surface area contributed by atoms with Crippen LogP contribution in [0.5, 0.6) is 0 Å². The molecule has 0 radical (unpaired) electrons. The van der Waals surface area contributed by atoms with Gasteiger partial charge in [-0.1, -0.05) is 35.5 Å². The van der Waals surface area contributed by atoms with Crippen molar-refractivity contribution in [1.82, 2.24) is 20.0 Å². The molecule has 1 aliphatic carbocycles. The molecule has 31 heavy (non-hydrogen) atoms. The Hall–Kier alpha value is -2.94. The number of rotatable bonds is 5. The highest BCUT2D eigenvalue weighted by atomic mass is 19.4. The highest BCUT2D eigenvalue weighted by Crippen LogP contribution is 2.52. The smallest absolute Gasteiger partial charge is 0.354 e. The molecule has 3 heterocycles. The van der Waals surface area contributed by atoms with Gasteiger partial charge in [0, 0.05) is 32.4 Å². The number of aromatic nitrogens is 3. The Labute approximate surface area is 177 Å². The lowest BCUT2D eigenvalue weighted by atomic mass is 9.95. The van der Waals surface area contributed by atoms with Crippen molar-refractivity contribution in [1.29, 1.82) is 0 Å². The number of anilines is 1. The van der Waals surface area contributed by atoms with E-state index < -0.39 is 11.7 Å². The third kappa shape index (κ3) is 4.01. The van der Waals surface area contributed by atoms with E-state index in [1.54, 1.807) is 0 Å². The first kappa shape index (κ1) is 20.0. The van der Waals surface area contributed by atoms with Gasteiger partial charge in [-0.25, -0.2) is 4.98 Å². The van der Waals surface area contributed by atoms with Crippen LogP contribution in [0.25, 0.3) is 0 Å². The van der Waals surface area contributed by atoms with Gasteiger partial charge in [-0.05, 0) is 30.5 Å². The zero-order chi connectivity index (χ0) is 21.5. The Bertz CT molecular complexity index is 1020. The van der Waals surface area contributed by atoms with E-state index in [-0.39, 0.29) is 5.41 Å². The summed E-state index contributed by atoms with van der Waals surface area (Å²) in [5.74, 6) is 1.91. The maximum absolute atomic E-state index is 12.7. The molecule has 162 valence electrons. The molecular formula is C22H22F3N5O. The maximum Gasteiger partial charge on any atom is 0.417 e. The molecule has 1 aliphatic heterocycles. The van der Waals surface area contributed by atoms with Crippen LogP contribution in [-0.2, 0) is 18.1 Å². The quantitative estimate of drug-likeness (QED) is 0.614. The zero-order valence-electron chi connectivity index (χ0n) is 16.8. The van der Waals surface area contributed by atoms with Crippen molar-refractivity contribution >= 4 is 5.82 Å². The number of piperazine rings is 1. The van der Waals surface area contributed by atoms with Crippen molar-refractivity contribution in [3.05, 3.63) is 71.5 Å². The van der Waals surface area contributed by atoms with Gasteiger partial charge in [0.05, 0.1) is 17.5 Å². The first-order valence-electron chi connectivity index (χ1n) is 10.3. The lowest BCUT2D eigenvalue weighted by molar-refractivity contribution is -0.137. The Balaban J connectivity index is 1.18. The van der Waals surface area contributed by atoms with Crippen molar-refractivity contribution in [3.8, 4) is 0 Å². The minimum Gasteiger partial charge on any atom is -0.354 e. The first-order valence-corrected chi connectivity index (χ1v) is 10.3. The van der Waals surface area contributed by atoms with E-state index >= 15 is 0 Å². The molecule has 2 fully saturated rings. The first-order chi connectivity index (χ1) is 14.9. The number of nitrogens with zero attached hydrogens (tertiary/aromatic N) is 5. The van der Waals surface area contributed by atoms with Crippen LogP contribution in [0.3, 0.4) is 0 Å². The Kier molecular flexibility index (Phi) is 4.92. The molecule has 0 spiro atoms. The summed E-state index contributed by atoms with van der Waals surface area (Å²) in [6.45, 7) is 3.39. The van der Waals surface area contributed by atoms with Gasteiger partial charge in [-0.15, -0.1) is 0 Å². The fourth-order valence-electron chi connectivity index (χ4n) is 4.10. The molecule has 3 aromatic rings. The van der Waals surface area contributed by atoms with Crippen LogP contribution >= 0.6 is 0 Å². The molecule has 0 amide bonds. The Morgan fingerprint density at radius 1 is 0.968 bits per heavy atom. The maximum atomic E-state index is 12.7. The fraction of sp³-hybridized carbons (Fsp3) is 0.409. The lowest BCUT2D eigenvalue weighted by Crippen LogP contribution is -2.46. The summed E-state index contributed by atoms with van der Waals surface area (Å²) >= 11 is 0. The van der Waals surface area contributed by atoms with Gasteiger partial charge in [-0.3, -0.25) is 4.90 Å². The van der Waals surface area contributed by atoms with E-state index in [1.165, 1.54) is 11.6 Å². The number of hydrogen-bond donors (Lipinski definition) is 0. The number of hydrogen-bond acceptors (Lipinski definition) is 6. The van der Waals surface area contributed by atoms with Crippen LogP contribution in [0.15, 0.2) is 53.2 Å². The van der Waals surface area contributed by atoms with E-state index in [9.17, 15) is 13.2 Å². The molecule has 1 saturated carbocycles. The molecule has 9 heteroatoms. The van der Waals surface area contributed by atoms with Crippen LogP contribution in [-0.4, -0.2) is 46.2 Å². The molecule has 2 aromatic heterocycles. The van der Waals surface area contributed by atoms with E-state index in [0.717, 1.165) is 44.0 Å². The fourth-order valence-corrected chi connectivity index (χ4v) is 4.10. The van der Waals surface area contributed by atoms with Crippen LogP contribution in [0.4, 0.5) is 19.0 Å². The summed E-state index contributed by atoms with van der Waals surface area (Å²) in [4.78, 5) is 12.9. The topological polar surface area (TPSA) is 58.3 Å². The molecule has 1 saturated heterocycles. The van der Waals surface area contributed by atoms with Gasteiger partial charge in [0.15, 0.2) is 5.82 Å². The number of halogens is 3. The predicted molar refractivity (Wildman–Crippen MR) is 107 cm³/mol. The second-order valence-corrected chi connectivity index (χ2v) is 8.13. The highest BCUT2D eigenvalue weighted by Gasteiger charge is 2.49. The van der Waals surface area contributed by atoms with E-state index in [0.29, 0.717) is 31.3 Å². The molecule has 1 aromatic carbocycles. The second-order valence-electron chi connectivity index (χ2n) is 8.13. The third-order valence-corrected chi connectivity index (χ3v) is 6.10. The third-order valence-electron chi connectivity index (χ3n) is 6.10. The summed E-state index contributed by atoms with van der Waals surface area (Å²) < 4.78 is 43.7. The van der Waals surface area contributed by atoms with E-state index in [2.05, 4.69) is 32.2 Å². The van der Waals surface area contributed by atoms with Crippen molar-refractivity contribution in [2.45, 2.75) is 31.0 Å². The summed E-state index contributed by atoms with van der Waals surface area (Å²) in [7, 11) is 0. The predicted octanol–water partition coefficient (Wildman–Crippen LogP) is 3.89. The van der Waals surface area contributed by atoms with Gasteiger partial charge < -0.3 is 9.42 Å². The Morgan fingerprint density at radius 2 is 1.71 bits per heavy atom. The average Bonchev–Trinajstić information content (AvgIpc) is 3.47. The minimum absolute atomic E-state index is 0.115. The van der Waals surface area contributed by atoms with Gasteiger partial charge >= 0.3 is 6.18 Å². The van der Waals surface area contributed by atoms with Crippen molar-refractivity contribution in [2.75, 3.05) is 31.1 Å². The second kappa shape index (κ2) is 7.64. The highest BCUT2D eigenvalue weighted by molar-refractivity contribution is 5.41. The van der Waals surface area contributed by atoms with E-state index in [4.69, 9.17) is 4.52 Å². The van der Waals surface area contributed by atoms with E-state index in [1.807, 2.05) is 23.1 Å². The monoisotopic (exact) mass is 429 g/mol. The van der Waals surface area contributed by atoms with Crippen LogP contribution in [0.2, 0.25) is 0 Å². The normalized spacial score (nSPS) is 18.9. The summed E-state index contributed by atoms with van der Waals surface area (Å²) in [6.07, 6.45) is -1.43. The van der Waals surface area contributed by atoms with Crippen LogP contribution in [0, 0.1) is 0 Å². The molecule has 5 rings (SSSR count). The average molecular weight is 429 g/mol. The molecular weight excluding hydrogens is 407 g/mol. The summed E-state index contributed by atoms with van der Waals surface area (Å²) in [5.41, 5.74) is 0.377. The van der Waals surface area contributed by atoms with Gasteiger partial charge in [0.2, 0.25) is 5.89 Å². The Morgan fingerprint density at radius 3 is 2.32 bits per heavy atom. The summed E-state index contributed by atoms with van der Waals surface area (Å²) in [5, 5.41) is 4.26. The number of pyridine rings is 1. The van der Waals surface area contributed by atoms with Crippen molar-refractivity contribution in [3.63, 3.8) is 0 Å². The van der Waals surface area contributed by atoms with Crippen molar-refractivity contribution < 1.29 is 17.7 Å². The van der Waals surface area contributed by atoms with Gasteiger partial charge in [0.25, 0.3) is 0 Å². The molecule has 0 bridgehead atoms. The van der Waals surface area contributed by atoms with Crippen molar-refractivity contribution in [2.24, 2.45) is 0 Å². The zero-order valence-corrected chi connectivity index (χ0v) is 16.8. The molecule has 0 N–H and O–H groups in total. The van der Waals surface area contributed by atoms with Gasteiger partial charge in [0.1, 0.15) is 5.82 Å². The molecule has 6 nitrogen and oxygen atoms in total. The largest absolute Gasteiger partial charge is 0.417 e. The lowest BCUT2D eigenvalue weighted by Gasteiger charge is -2.34. The molecule has 0 unspecified atom stereocenters. The van der Waals surface area contributed by atoms with Crippen LogP contribution in [0.1, 0.15) is 35.7 Å². The standard InChI is InChI=1S/C22H22F3N5O/c23-22(24,25)17-6-7-18(26-14-17)30-12-10-29(11-13-30)15-19-27-20(28-31-19)21(8-9-21)16-4-2-1-3-5-16/h1-7,14H,8-13,15H2. The van der Waals surface area contributed by atoms with Gasteiger partial charge in [-0.2, -0.15) is 18.2 Å². The van der Waals surface area contributed by atoms with Crippen LogP contribution < -0.4 is 4.90 Å². The summed E-state index contributed by atoms with van der Waals surface area (Å²) in [6, 6.07) is 12.8. The number of benzene rings is 1.